The minimum atomic E-state index is -0.586. The van der Waals surface area contributed by atoms with Crippen molar-refractivity contribution in [3.63, 3.8) is 0 Å². The Morgan fingerprint density at radius 3 is 2.90 bits per heavy atom. The molecule has 0 saturated carbocycles. The predicted molar refractivity (Wildman–Crippen MR) is 35.0 cm³/mol. The second-order valence-corrected chi connectivity index (χ2v) is 2.00. The fourth-order valence-corrected chi connectivity index (χ4v) is 0.695. The summed E-state index contributed by atoms with van der Waals surface area (Å²) in [6.07, 6.45) is 0. The molecule has 0 aromatic heterocycles. The summed E-state index contributed by atoms with van der Waals surface area (Å²) in [4.78, 5) is 0. The van der Waals surface area contributed by atoms with Gasteiger partial charge in [-0.05, 0) is 12.1 Å². The molecule has 0 bridgehead atoms. The number of nitrogens with zero attached hydrogens (tertiary/aromatic N) is 1. The van der Waals surface area contributed by atoms with Crippen LogP contribution in [0.4, 0.5) is 4.39 Å². The van der Waals surface area contributed by atoms with Crippen molar-refractivity contribution in [3.05, 3.63) is 34.6 Å². The van der Waals surface area contributed by atoms with Gasteiger partial charge in [0.25, 0.3) is 0 Å². The molecule has 1 aromatic rings. The number of nitriles is 1. The van der Waals surface area contributed by atoms with Crippen LogP contribution in [0.2, 0.25) is 5.02 Å². The van der Waals surface area contributed by atoms with Crippen molar-refractivity contribution in [1.29, 1.82) is 5.26 Å². The number of halogens is 2. The number of hydrogen-bond donors (Lipinski definition) is 0. The molecule has 0 saturated heterocycles. The van der Waals surface area contributed by atoms with Crippen molar-refractivity contribution in [1.82, 2.24) is 0 Å². The van der Waals surface area contributed by atoms with Crippen LogP contribution in [0.3, 0.4) is 0 Å². The lowest BCUT2D eigenvalue weighted by molar-refractivity contribution is 0.627. The SMILES string of the molecule is N#Cc1[c]ccc(F)c1Cl. The van der Waals surface area contributed by atoms with Gasteiger partial charge in [0.15, 0.2) is 0 Å². The van der Waals surface area contributed by atoms with Gasteiger partial charge in [0.05, 0.1) is 10.6 Å². The molecule has 0 aliphatic carbocycles. The minimum Gasteiger partial charge on any atom is -0.205 e. The highest BCUT2D eigenvalue weighted by atomic mass is 35.5. The number of hydrogen-bond acceptors (Lipinski definition) is 1. The Labute approximate surface area is 62.7 Å². The van der Waals surface area contributed by atoms with Crippen LogP contribution in [0.1, 0.15) is 5.56 Å². The first-order valence-electron chi connectivity index (χ1n) is 2.51. The van der Waals surface area contributed by atoms with Gasteiger partial charge in [0.1, 0.15) is 11.9 Å². The first-order chi connectivity index (χ1) is 4.75. The molecular formula is C7H2ClFN. The maximum atomic E-state index is 12.5. The third-order valence-electron chi connectivity index (χ3n) is 0.998. The quantitative estimate of drug-likeness (QED) is 0.562. The van der Waals surface area contributed by atoms with Crippen LogP contribution >= 0.6 is 11.6 Å². The Kier molecular flexibility index (Phi) is 1.88. The molecule has 0 fully saturated rings. The Balaban J connectivity index is 3.31. The highest BCUT2D eigenvalue weighted by molar-refractivity contribution is 6.31. The monoisotopic (exact) mass is 154 g/mol. The lowest BCUT2D eigenvalue weighted by atomic mass is 10.2. The Hall–Kier alpha value is -1.07. The minimum absolute atomic E-state index is 0.0432. The van der Waals surface area contributed by atoms with E-state index in [4.69, 9.17) is 16.9 Å². The fraction of sp³-hybridized carbons (Fsp3) is 0. The zero-order valence-electron chi connectivity index (χ0n) is 4.86. The molecule has 0 N–H and O–H groups in total. The van der Waals surface area contributed by atoms with Crippen molar-refractivity contribution in [3.8, 4) is 6.07 Å². The van der Waals surface area contributed by atoms with Crippen molar-refractivity contribution in [2.45, 2.75) is 0 Å². The molecule has 1 rings (SSSR count). The van der Waals surface area contributed by atoms with Crippen LogP contribution in [0.5, 0.6) is 0 Å². The number of benzene rings is 1. The van der Waals surface area contributed by atoms with Gasteiger partial charge >= 0.3 is 0 Å². The van der Waals surface area contributed by atoms with E-state index in [0.29, 0.717) is 0 Å². The Morgan fingerprint density at radius 1 is 1.70 bits per heavy atom. The summed E-state index contributed by atoms with van der Waals surface area (Å²) in [5.41, 5.74) is 0.0432. The summed E-state index contributed by atoms with van der Waals surface area (Å²) in [5, 5.41) is 8.15. The van der Waals surface area contributed by atoms with E-state index in [0.717, 1.165) is 6.07 Å². The van der Waals surface area contributed by atoms with E-state index in [1.54, 1.807) is 6.07 Å². The highest BCUT2D eigenvalue weighted by Crippen LogP contribution is 2.17. The van der Waals surface area contributed by atoms with E-state index in [1.165, 1.54) is 6.07 Å². The summed E-state index contributed by atoms with van der Waals surface area (Å²) >= 11 is 5.36. The van der Waals surface area contributed by atoms with Gasteiger partial charge in [0, 0.05) is 6.07 Å². The molecule has 0 amide bonds. The second-order valence-electron chi connectivity index (χ2n) is 1.63. The standard InChI is InChI=1S/C7H2ClFN/c8-7-5(4-10)2-1-3-6(7)9/h1,3H. The molecule has 10 heavy (non-hydrogen) atoms. The first kappa shape index (κ1) is 7.04. The van der Waals surface area contributed by atoms with E-state index in [2.05, 4.69) is 6.07 Å². The maximum Gasteiger partial charge on any atom is 0.143 e. The topological polar surface area (TPSA) is 23.8 Å². The lowest BCUT2D eigenvalue weighted by Crippen LogP contribution is -1.81. The van der Waals surface area contributed by atoms with Crippen LogP contribution in [-0.4, -0.2) is 0 Å². The van der Waals surface area contributed by atoms with E-state index in [-0.39, 0.29) is 10.6 Å². The first-order valence-corrected chi connectivity index (χ1v) is 2.89. The average molecular weight is 155 g/mol. The van der Waals surface area contributed by atoms with Crippen molar-refractivity contribution in [2.24, 2.45) is 0 Å². The zero-order valence-corrected chi connectivity index (χ0v) is 5.61. The molecule has 0 unspecified atom stereocenters. The molecule has 0 aliphatic rings. The van der Waals surface area contributed by atoms with Crippen LogP contribution in [0.15, 0.2) is 12.1 Å². The maximum absolute atomic E-state index is 12.5. The molecule has 0 spiro atoms. The van der Waals surface area contributed by atoms with Crippen molar-refractivity contribution >= 4 is 11.6 Å². The molecule has 0 aliphatic heterocycles. The summed E-state index contributed by atoms with van der Waals surface area (Å²) in [6.45, 7) is 0. The fourth-order valence-electron chi connectivity index (χ4n) is 0.535. The third-order valence-corrected chi connectivity index (χ3v) is 1.37. The molecule has 0 heterocycles. The summed E-state index contributed by atoms with van der Waals surface area (Å²) in [7, 11) is 0. The van der Waals surface area contributed by atoms with Gasteiger partial charge in [0.2, 0.25) is 0 Å². The van der Waals surface area contributed by atoms with Crippen LogP contribution in [-0.2, 0) is 0 Å². The van der Waals surface area contributed by atoms with E-state index in [1.807, 2.05) is 0 Å². The predicted octanol–water partition coefficient (Wildman–Crippen LogP) is 2.15. The van der Waals surface area contributed by atoms with Gasteiger partial charge < -0.3 is 0 Å². The summed E-state index contributed by atoms with van der Waals surface area (Å²) in [5.74, 6) is -0.586. The van der Waals surface area contributed by atoms with Crippen molar-refractivity contribution in [2.75, 3.05) is 0 Å². The van der Waals surface area contributed by atoms with E-state index < -0.39 is 5.82 Å². The van der Waals surface area contributed by atoms with Gasteiger partial charge in [-0.25, -0.2) is 4.39 Å². The van der Waals surface area contributed by atoms with Crippen LogP contribution in [0, 0.1) is 23.2 Å². The Bertz CT molecular complexity index is 290. The van der Waals surface area contributed by atoms with Gasteiger partial charge in [-0.2, -0.15) is 5.26 Å². The van der Waals surface area contributed by atoms with Gasteiger partial charge in [-0.1, -0.05) is 11.6 Å². The molecular weight excluding hydrogens is 153 g/mol. The largest absolute Gasteiger partial charge is 0.205 e. The zero-order chi connectivity index (χ0) is 7.56. The lowest BCUT2D eigenvalue weighted by Gasteiger charge is -1.92. The Morgan fingerprint density at radius 2 is 2.40 bits per heavy atom. The van der Waals surface area contributed by atoms with Crippen molar-refractivity contribution < 1.29 is 4.39 Å². The van der Waals surface area contributed by atoms with E-state index >= 15 is 0 Å². The highest BCUT2D eigenvalue weighted by Gasteiger charge is 2.03. The van der Waals surface area contributed by atoms with Gasteiger partial charge in [-0.3, -0.25) is 0 Å². The molecule has 49 valence electrons. The summed E-state index contributed by atoms with van der Waals surface area (Å²) < 4.78 is 12.5. The molecule has 1 aromatic carbocycles. The molecule has 0 atom stereocenters. The second kappa shape index (κ2) is 2.68. The van der Waals surface area contributed by atoms with Crippen LogP contribution < -0.4 is 0 Å². The average Bonchev–Trinajstić information content (AvgIpc) is 1.95. The smallest absolute Gasteiger partial charge is 0.143 e. The molecule has 1 nitrogen and oxygen atoms in total. The number of rotatable bonds is 0. The third kappa shape index (κ3) is 1.09. The molecule has 1 radical (unpaired) electrons. The molecule has 3 heteroatoms. The van der Waals surface area contributed by atoms with E-state index in [9.17, 15) is 4.39 Å². The normalized spacial score (nSPS) is 8.90. The van der Waals surface area contributed by atoms with Gasteiger partial charge in [-0.15, -0.1) is 0 Å². The van der Waals surface area contributed by atoms with Crippen LogP contribution in [0.25, 0.3) is 0 Å². The summed E-state index contributed by atoms with van der Waals surface area (Å²) in [6, 6.07) is 6.68.